The third-order valence-corrected chi connectivity index (χ3v) is 11.1. The summed E-state index contributed by atoms with van der Waals surface area (Å²) in [6.07, 6.45) is 4.74. The molecule has 3 amide bonds. The van der Waals surface area contributed by atoms with Gasteiger partial charge < -0.3 is 29.8 Å². The van der Waals surface area contributed by atoms with Crippen molar-refractivity contribution >= 4 is 132 Å². The molecule has 65 heavy (non-hydrogen) atoms. The molecule has 3 N–H and O–H groups in total. The van der Waals surface area contributed by atoms with E-state index < -0.39 is 5.97 Å². The smallest absolute Gasteiger partial charge is 0.323 e. The molecule has 4 aromatic heterocycles. The van der Waals surface area contributed by atoms with E-state index in [2.05, 4.69) is 98.2 Å². The number of aromatic nitrogens is 4. The van der Waals surface area contributed by atoms with Crippen LogP contribution in [0.15, 0.2) is 103 Å². The first-order chi connectivity index (χ1) is 29.7. The summed E-state index contributed by atoms with van der Waals surface area (Å²) in [6.45, 7) is 10.7. The molecule has 2 aromatic carbocycles. The van der Waals surface area contributed by atoms with Gasteiger partial charge in [0.1, 0.15) is 40.5 Å². The van der Waals surface area contributed by atoms with Gasteiger partial charge in [0, 0.05) is 66.7 Å². The number of aliphatic carboxylic acids is 1. The van der Waals surface area contributed by atoms with Crippen molar-refractivity contribution in [3.63, 3.8) is 0 Å². The number of hydrogen-bond acceptors (Lipinski definition) is 8. The zero-order chi connectivity index (χ0) is 46.5. The summed E-state index contributed by atoms with van der Waals surface area (Å²) in [5, 5.41) is 15.8. The molecule has 0 aliphatic heterocycles. The SMILES string of the molecule is C.C.CC(=O)c1cn(CC(=O)N(CC(=O)Nc2cccc(Br)n2)C(C)C)c2ccc(Br)cc12.CC(=O)c1cn(CC(=O)O)c2ccc(Br)cc12.CC(C)CCC(=O)Nc1cccc(Br)n1. The maximum Gasteiger partial charge on any atom is 0.323 e. The molecule has 0 aliphatic carbocycles. The van der Waals surface area contributed by atoms with Gasteiger partial charge in [-0.25, -0.2) is 9.97 Å². The molecular formula is C47H55Br4N7O7. The van der Waals surface area contributed by atoms with Crippen molar-refractivity contribution in [3.8, 4) is 0 Å². The molecule has 0 saturated carbocycles. The van der Waals surface area contributed by atoms with Crippen LogP contribution in [0.4, 0.5) is 11.6 Å². The third-order valence-electron chi connectivity index (χ3n) is 9.23. The molecule has 0 radical (unpaired) electrons. The number of hydrogen-bond donors (Lipinski definition) is 3. The lowest BCUT2D eigenvalue weighted by Crippen LogP contribution is -2.43. The van der Waals surface area contributed by atoms with E-state index in [0.717, 1.165) is 41.8 Å². The Labute approximate surface area is 413 Å². The number of pyridine rings is 2. The quantitative estimate of drug-likeness (QED) is 0.0705. The number of rotatable bonds is 14. The van der Waals surface area contributed by atoms with Crippen LogP contribution in [-0.4, -0.2) is 77.0 Å². The maximum absolute atomic E-state index is 13.1. The number of ketones is 2. The Morgan fingerprint density at radius 3 is 1.51 bits per heavy atom. The topological polar surface area (TPSA) is 186 Å². The van der Waals surface area contributed by atoms with Gasteiger partial charge in [0.15, 0.2) is 11.6 Å². The summed E-state index contributed by atoms with van der Waals surface area (Å²) in [6, 6.07) is 21.5. The number of nitrogens with one attached hydrogen (secondary N) is 2. The minimum absolute atomic E-state index is 0. The fourth-order valence-corrected chi connectivity index (χ4v) is 7.63. The maximum atomic E-state index is 13.1. The largest absolute Gasteiger partial charge is 0.480 e. The van der Waals surface area contributed by atoms with Crippen LogP contribution in [0.3, 0.4) is 0 Å². The van der Waals surface area contributed by atoms with E-state index in [1.807, 2.05) is 56.3 Å². The minimum Gasteiger partial charge on any atom is -0.480 e. The van der Waals surface area contributed by atoms with E-state index in [1.165, 1.54) is 18.7 Å². The Morgan fingerprint density at radius 2 is 1.11 bits per heavy atom. The van der Waals surface area contributed by atoms with Crippen molar-refractivity contribution < 1.29 is 33.9 Å². The van der Waals surface area contributed by atoms with Gasteiger partial charge in [-0.15, -0.1) is 0 Å². The number of carbonyl (C=O) groups excluding carboxylic acids is 5. The van der Waals surface area contributed by atoms with Crippen LogP contribution in [-0.2, 0) is 32.3 Å². The van der Waals surface area contributed by atoms with Crippen LogP contribution in [0.1, 0.15) is 90.0 Å². The van der Waals surface area contributed by atoms with Gasteiger partial charge in [0.2, 0.25) is 17.7 Å². The second-order valence-electron chi connectivity index (χ2n) is 15.0. The lowest BCUT2D eigenvalue weighted by molar-refractivity contribution is -0.137. The van der Waals surface area contributed by atoms with E-state index >= 15 is 0 Å². The lowest BCUT2D eigenvalue weighted by atomic mass is 10.1. The molecule has 0 aliphatic rings. The number of carboxylic acids is 1. The Balaban J connectivity index is 0.000000362. The second kappa shape index (κ2) is 26.2. The highest BCUT2D eigenvalue weighted by Crippen LogP contribution is 2.27. The summed E-state index contributed by atoms with van der Waals surface area (Å²) in [7, 11) is 0. The average Bonchev–Trinajstić information content (AvgIpc) is 3.73. The fourth-order valence-electron chi connectivity index (χ4n) is 6.22. The predicted molar refractivity (Wildman–Crippen MR) is 272 cm³/mol. The Bertz CT molecular complexity index is 2640. The van der Waals surface area contributed by atoms with Crippen molar-refractivity contribution in [2.24, 2.45) is 5.92 Å². The molecule has 4 heterocycles. The average molecular weight is 1150 g/mol. The van der Waals surface area contributed by atoms with Crippen molar-refractivity contribution in [1.82, 2.24) is 24.0 Å². The lowest BCUT2D eigenvalue weighted by Gasteiger charge is -2.26. The number of benzene rings is 2. The first-order valence-corrected chi connectivity index (χ1v) is 22.8. The van der Waals surface area contributed by atoms with Gasteiger partial charge in [-0.2, -0.15) is 0 Å². The van der Waals surface area contributed by atoms with Gasteiger partial charge in [0.25, 0.3) is 0 Å². The van der Waals surface area contributed by atoms with Crippen LogP contribution in [0.2, 0.25) is 0 Å². The van der Waals surface area contributed by atoms with E-state index in [0.29, 0.717) is 39.7 Å². The molecule has 348 valence electrons. The predicted octanol–water partition coefficient (Wildman–Crippen LogP) is 11.8. The number of carbonyl (C=O) groups is 6. The third kappa shape index (κ3) is 17.0. The zero-order valence-corrected chi connectivity index (χ0v) is 41.8. The summed E-state index contributed by atoms with van der Waals surface area (Å²) >= 11 is 13.3. The van der Waals surface area contributed by atoms with Crippen molar-refractivity contribution in [2.45, 2.75) is 88.4 Å². The summed E-state index contributed by atoms with van der Waals surface area (Å²) in [5.74, 6) is -0.0593. The fraction of sp³-hybridized carbons (Fsp3) is 0.319. The molecule has 14 nitrogen and oxygen atoms in total. The first-order valence-electron chi connectivity index (χ1n) is 19.7. The normalized spacial score (nSPS) is 10.5. The van der Waals surface area contributed by atoms with Gasteiger partial charge in [-0.05, 0) is 133 Å². The van der Waals surface area contributed by atoms with Crippen LogP contribution in [0.25, 0.3) is 21.8 Å². The molecule has 6 aromatic rings. The van der Waals surface area contributed by atoms with Crippen molar-refractivity contribution in [3.05, 3.63) is 114 Å². The molecule has 0 spiro atoms. The molecule has 0 saturated heterocycles. The molecule has 0 atom stereocenters. The second-order valence-corrected chi connectivity index (χ2v) is 18.5. The molecule has 18 heteroatoms. The van der Waals surface area contributed by atoms with Crippen LogP contribution in [0, 0.1) is 5.92 Å². The van der Waals surface area contributed by atoms with Crippen LogP contribution in [0.5, 0.6) is 0 Å². The number of nitrogens with zero attached hydrogens (tertiary/aromatic N) is 5. The summed E-state index contributed by atoms with van der Waals surface area (Å²) in [5.41, 5.74) is 2.63. The van der Waals surface area contributed by atoms with Crippen molar-refractivity contribution in [2.75, 3.05) is 17.2 Å². The minimum atomic E-state index is -0.931. The molecule has 6 rings (SSSR count). The zero-order valence-electron chi connectivity index (χ0n) is 35.4. The number of amides is 3. The number of Topliss-reactive ketones (excluding diaryl/α,β-unsaturated/α-hetero) is 2. The van der Waals surface area contributed by atoms with Gasteiger partial charge >= 0.3 is 5.97 Å². The monoisotopic (exact) mass is 1150 g/mol. The number of carboxylic acid groups (broad SMARTS) is 1. The highest BCUT2D eigenvalue weighted by atomic mass is 79.9. The summed E-state index contributed by atoms with van der Waals surface area (Å²) < 4.78 is 6.37. The van der Waals surface area contributed by atoms with Gasteiger partial charge in [-0.3, -0.25) is 28.8 Å². The van der Waals surface area contributed by atoms with E-state index in [4.69, 9.17) is 5.11 Å². The van der Waals surface area contributed by atoms with Gasteiger partial charge in [-0.1, -0.05) is 72.7 Å². The van der Waals surface area contributed by atoms with Crippen molar-refractivity contribution in [1.29, 1.82) is 0 Å². The molecular weight excluding hydrogens is 1090 g/mol. The van der Waals surface area contributed by atoms with E-state index in [-0.39, 0.29) is 69.8 Å². The van der Waals surface area contributed by atoms with E-state index in [9.17, 15) is 28.8 Å². The molecule has 0 fully saturated rings. The number of fused-ring (bicyclic) bond motifs is 2. The molecule has 0 unspecified atom stereocenters. The highest BCUT2D eigenvalue weighted by molar-refractivity contribution is 9.11. The summed E-state index contributed by atoms with van der Waals surface area (Å²) in [4.78, 5) is 81.2. The molecule has 0 bridgehead atoms. The highest BCUT2D eigenvalue weighted by Gasteiger charge is 2.23. The van der Waals surface area contributed by atoms with Crippen LogP contribution >= 0.6 is 63.7 Å². The first kappa shape index (κ1) is 56.1. The van der Waals surface area contributed by atoms with Gasteiger partial charge in [0.05, 0.1) is 0 Å². The van der Waals surface area contributed by atoms with Crippen LogP contribution < -0.4 is 10.6 Å². The Kier molecular flexibility index (Phi) is 22.6. The Morgan fingerprint density at radius 1 is 0.662 bits per heavy atom. The standard InChI is InChI=1S/C22H22Br2N4O3.C12H10BrNO3.C11H15BrN2O.2CH4/c1-13(2)28(11-21(30)26-20-6-4-5-19(24)25-20)22(31)12-27-10-17(14(3)29)16-9-15(23)7-8-18(16)27;1-7(15)10-5-14(6-12(16)17)11-3-2-8(13)4-9(10)11;1-8(2)6-7-11(15)14-10-5-3-4-9(12)13-10;;/h4-10,13H,11-12H2,1-3H3,(H,25,26,30);2-5H,6H2,1H3,(H,16,17);3-5,8H,6-7H2,1-2H3,(H,13,14,15);2*1H4. The van der Waals surface area contributed by atoms with E-state index in [1.54, 1.807) is 51.9 Å². The number of anilines is 2. The number of halogens is 4. The Hall–Kier alpha value is -5.04.